The summed E-state index contributed by atoms with van der Waals surface area (Å²) in [4.78, 5) is 1.59. The van der Waals surface area contributed by atoms with Gasteiger partial charge in [0.1, 0.15) is 6.61 Å². The Labute approximate surface area is 98.0 Å². The summed E-state index contributed by atoms with van der Waals surface area (Å²) >= 11 is 0. The molecule has 16 heavy (non-hydrogen) atoms. The normalized spacial score (nSPS) is 12.8. The summed E-state index contributed by atoms with van der Waals surface area (Å²) in [7, 11) is 1.69. The molecule has 0 radical (unpaired) electrons. The number of ether oxygens (including phenoxy) is 1. The smallest absolute Gasteiger partial charge is 0.283 e. The number of alkyl halides is 2. The van der Waals surface area contributed by atoms with Crippen LogP contribution in [0.5, 0.6) is 0 Å². The van der Waals surface area contributed by atoms with E-state index in [-0.39, 0.29) is 6.54 Å². The molecule has 0 saturated heterocycles. The summed E-state index contributed by atoms with van der Waals surface area (Å²) in [6.45, 7) is 6.46. The topological polar surface area (TPSA) is 12.5 Å². The van der Waals surface area contributed by atoms with Crippen LogP contribution in [0.4, 0.5) is 8.78 Å². The van der Waals surface area contributed by atoms with Crippen molar-refractivity contribution in [3.63, 3.8) is 0 Å². The summed E-state index contributed by atoms with van der Waals surface area (Å²) in [5.74, 6) is -2.13. The van der Waals surface area contributed by atoms with Gasteiger partial charge in [-0.2, -0.15) is 0 Å². The van der Waals surface area contributed by atoms with Crippen LogP contribution >= 0.6 is 0 Å². The fourth-order valence-electron chi connectivity index (χ4n) is 1.37. The van der Waals surface area contributed by atoms with Crippen molar-refractivity contribution in [2.24, 2.45) is 5.92 Å². The van der Waals surface area contributed by atoms with Crippen molar-refractivity contribution in [2.45, 2.75) is 39.5 Å². The Morgan fingerprint density at radius 2 is 1.94 bits per heavy atom. The zero-order valence-corrected chi connectivity index (χ0v) is 10.9. The van der Waals surface area contributed by atoms with Gasteiger partial charge in [0.2, 0.25) is 0 Å². The minimum Gasteiger partial charge on any atom is -0.375 e. The molecule has 0 rings (SSSR count). The molecule has 0 spiro atoms. The molecular formula is C12H25F2NO. The Kier molecular flexibility index (Phi) is 7.85. The maximum atomic E-state index is 13.3. The molecule has 0 unspecified atom stereocenters. The van der Waals surface area contributed by atoms with Crippen molar-refractivity contribution in [3.05, 3.63) is 0 Å². The van der Waals surface area contributed by atoms with Crippen molar-refractivity contribution in [3.8, 4) is 0 Å². The summed E-state index contributed by atoms with van der Waals surface area (Å²) in [6, 6.07) is 0. The van der Waals surface area contributed by atoms with Crippen LogP contribution in [-0.4, -0.2) is 44.2 Å². The lowest BCUT2D eigenvalue weighted by Gasteiger charge is -2.22. The maximum Gasteiger partial charge on any atom is 0.283 e. The molecule has 0 atom stereocenters. The highest BCUT2D eigenvalue weighted by Crippen LogP contribution is 2.15. The second-order valence-corrected chi connectivity index (χ2v) is 4.78. The highest BCUT2D eigenvalue weighted by atomic mass is 19.3. The molecule has 2 nitrogen and oxygen atoms in total. The SMILES string of the molecule is CCN(C)CC(F)(F)COCCCC(C)C. The van der Waals surface area contributed by atoms with Gasteiger partial charge in [-0.15, -0.1) is 0 Å². The van der Waals surface area contributed by atoms with Crippen molar-refractivity contribution in [2.75, 3.05) is 33.4 Å². The lowest BCUT2D eigenvalue weighted by atomic mass is 10.1. The molecule has 0 amide bonds. The van der Waals surface area contributed by atoms with Crippen LogP contribution in [0, 0.1) is 5.92 Å². The molecular weight excluding hydrogens is 212 g/mol. The molecule has 0 bridgehead atoms. The van der Waals surface area contributed by atoms with E-state index in [2.05, 4.69) is 13.8 Å². The summed E-state index contributed by atoms with van der Waals surface area (Å²) < 4.78 is 31.6. The van der Waals surface area contributed by atoms with E-state index in [1.165, 1.54) is 0 Å². The van der Waals surface area contributed by atoms with E-state index in [4.69, 9.17) is 4.74 Å². The Morgan fingerprint density at radius 3 is 2.44 bits per heavy atom. The molecule has 0 aliphatic carbocycles. The largest absolute Gasteiger partial charge is 0.375 e. The van der Waals surface area contributed by atoms with E-state index >= 15 is 0 Å². The third kappa shape index (κ3) is 9.04. The fourth-order valence-corrected chi connectivity index (χ4v) is 1.37. The zero-order chi connectivity index (χ0) is 12.6. The van der Waals surface area contributed by atoms with Crippen LogP contribution in [0.15, 0.2) is 0 Å². The van der Waals surface area contributed by atoms with Gasteiger partial charge in [-0.05, 0) is 32.4 Å². The van der Waals surface area contributed by atoms with Gasteiger partial charge in [0, 0.05) is 6.61 Å². The van der Waals surface area contributed by atoms with Crippen LogP contribution < -0.4 is 0 Å². The molecule has 98 valence electrons. The van der Waals surface area contributed by atoms with E-state index in [1.807, 2.05) is 6.92 Å². The lowest BCUT2D eigenvalue weighted by molar-refractivity contribution is -0.0916. The average molecular weight is 237 g/mol. The lowest BCUT2D eigenvalue weighted by Crippen LogP contribution is -2.38. The van der Waals surface area contributed by atoms with Gasteiger partial charge in [-0.3, -0.25) is 0 Å². The number of hydrogen-bond acceptors (Lipinski definition) is 2. The molecule has 0 aromatic rings. The first-order valence-corrected chi connectivity index (χ1v) is 6.01. The average Bonchev–Trinajstić information content (AvgIpc) is 2.15. The van der Waals surface area contributed by atoms with E-state index in [0.717, 1.165) is 12.8 Å². The molecule has 0 fully saturated rings. The Bertz CT molecular complexity index is 174. The quantitative estimate of drug-likeness (QED) is 0.572. The number of halogens is 2. The van der Waals surface area contributed by atoms with Crippen molar-refractivity contribution in [1.82, 2.24) is 4.90 Å². The van der Waals surface area contributed by atoms with Crippen molar-refractivity contribution < 1.29 is 13.5 Å². The van der Waals surface area contributed by atoms with Crippen LogP contribution in [0.2, 0.25) is 0 Å². The molecule has 0 aromatic heterocycles. The Morgan fingerprint density at radius 1 is 1.31 bits per heavy atom. The van der Waals surface area contributed by atoms with Crippen molar-refractivity contribution in [1.29, 1.82) is 0 Å². The zero-order valence-electron chi connectivity index (χ0n) is 10.9. The molecule has 0 aromatic carbocycles. The molecule has 0 heterocycles. The summed E-state index contributed by atoms with van der Waals surface area (Å²) in [5.41, 5.74) is 0. The first kappa shape index (κ1) is 15.8. The van der Waals surface area contributed by atoms with Gasteiger partial charge in [0.05, 0.1) is 6.54 Å². The molecule has 0 saturated carbocycles. The minimum atomic E-state index is -2.73. The first-order chi connectivity index (χ1) is 7.37. The van der Waals surface area contributed by atoms with E-state index < -0.39 is 12.5 Å². The second-order valence-electron chi connectivity index (χ2n) is 4.78. The summed E-state index contributed by atoms with van der Waals surface area (Å²) in [6.07, 6.45) is 1.89. The third-order valence-corrected chi connectivity index (χ3v) is 2.42. The highest BCUT2D eigenvalue weighted by molar-refractivity contribution is 4.69. The standard InChI is InChI=1S/C12H25F2NO/c1-5-15(4)9-12(13,14)10-16-8-6-7-11(2)3/h11H,5-10H2,1-4H3. The molecule has 0 N–H and O–H groups in total. The van der Waals surface area contributed by atoms with Gasteiger partial charge >= 0.3 is 0 Å². The predicted octanol–water partition coefficient (Wildman–Crippen LogP) is 3.03. The van der Waals surface area contributed by atoms with Gasteiger partial charge in [-0.1, -0.05) is 20.8 Å². The maximum absolute atomic E-state index is 13.3. The number of nitrogens with zero attached hydrogens (tertiary/aromatic N) is 1. The first-order valence-electron chi connectivity index (χ1n) is 6.01. The van der Waals surface area contributed by atoms with Crippen LogP contribution in [0.3, 0.4) is 0 Å². The Hall–Kier alpha value is -0.220. The number of rotatable bonds is 9. The van der Waals surface area contributed by atoms with Crippen molar-refractivity contribution >= 4 is 0 Å². The van der Waals surface area contributed by atoms with Crippen LogP contribution in [0.25, 0.3) is 0 Å². The van der Waals surface area contributed by atoms with Gasteiger partial charge < -0.3 is 9.64 Å². The highest BCUT2D eigenvalue weighted by Gasteiger charge is 2.30. The van der Waals surface area contributed by atoms with Gasteiger partial charge in [-0.25, -0.2) is 8.78 Å². The molecule has 4 heteroatoms. The molecule has 0 aliphatic heterocycles. The fraction of sp³-hybridized carbons (Fsp3) is 1.00. The van der Waals surface area contributed by atoms with Crippen LogP contribution in [-0.2, 0) is 4.74 Å². The Balaban J connectivity index is 3.57. The van der Waals surface area contributed by atoms with Crippen LogP contribution in [0.1, 0.15) is 33.6 Å². The third-order valence-electron chi connectivity index (χ3n) is 2.42. The summed E-state index contributed by atoms with van der Waals surface area (Å²) in [5, 5.41) is 0. The van der Waals surface area contributed by atoms with Gasteiger partial charge in [0.25, 0.3) is 5.92 Å². The molecule has 0 aliphatic rings. The monoisotopic (exact) mass is 237 g/mol. The predicted molar refractivity (Wildman–Crippen MR) is 63.0 cm³/mol. The second kappa shape index (κ2) is 7.96. The van der Waals surface area contributed by atoms with Gasteiger partial charge in [0.15, 0.2) is 0 Å². The number of hydrogen-bond donors (Lipinski definition) is 0. The minimum absolute atomic E-state index is 0.228. The van der Waals surface area contributed by atoms with E-state index in [1.54, 1.807) is 11.9 Å². The van der Waals surface area contributed by atoms with E-state index in [0.29, 0.717) is 19.1 Å². The van der Waals surface area contributed by atoms with E-state index in [9.17, 15) is 8.78 Å².